The molecule has 2 rings (SSSR count). The zero-order chi connectivity index (χ0) is 13.5. The number of imidazole rings is 1. The molecule has 0 saturated heterocycles. The van der Waals surface area contributed by atoms with Crippen LogP contribution in [0.4, 0.5) is 18.9 Å². The second-order valence-corrected chi connectivity index (χ2v) is 4.39. The van der Waals surface area contributed by atoms with Gasteiger partial charge in [0, 0.05) is 12.1 Å². The largest absolute Gasteiger partial charge is 0.406 e. The van der Waals surface area contributed by atoms with Crippen molar-refractivity contribution in [3.05, 3.63) is 33.0 Å². The molecule has 5 nitrogen and oxygen atoms in total. The van der Waals surface area contributed by atoms with E-state index in [1.54, 1.807) is 0 Å². The maximum absolute atomic E-state index is 12.3. The van der Waals surface area contributed by atoms with E-state index in [2.05, 4.69) is 20.9 Å². The summed E-state index contributed by atoms with van der Waals surface area (Å²) in [6.45, 7) is -1.24. The van der Waals surface area contributed by atoms with Gasteiger partial charge >= 0.3 is 6.18 Å². The fourth-order valence-corrected chi connectivity index (χ4v) is 2.07. The molecule has 9 heteroatoms. The molecule has 0 fully saturated rings. The second kappa shape index (κ2) is 4.23. The minimum absolute atomic E-state index is 0.0633. The molecule has 0 spiro atoms. The molecule has 0 amide bonds. The van der Waals surface area contributed by atoms with Gasteiger partial charge in [-0.1, -0.05) is 0 Å². The van der Waals surface area contributed by atoms with E-state index in [0.717, 1.165) is 17.0 Å². The van der Waals surface area contributed by atoms with Crippen LogP contribution < -0.4 is 0 Å². The van der Waals surface area contributed by atoms with Gasteiger partial charge in [-0.15, -0.1) is 0 Å². The van der Waals surface area contributed by atoms with Gasteiger partial charge in [0.15, 0.2) is 0 Å². The number of aromatic nitrogens is 2. The number of nitro groups is 1. The number of hydrogen-bond donors (Lipinski definition) is 0. The van der Waals surface area contributed by atoms with E-state index in [0.29, 0.717) is 0 Å². The predicted molar refractivity (Wildman–Crippen MR) is 60.1 cm³/mol. The molecule has 0 atom stereocenters. The van der Waals surface area contributed by atoms with Gasteiger partial charge < -0.3 is 4.57 Å². The van der Waals surface area contributed by atoms with Crippen molar-refractivity contribution in [1.29, 1.82) is 0 Å². The lowest BCUT2D eigenvalue weighted by Crippen LogP contribution is -2.16. The number of fused-ring (bicyclic) bond motifs is 1. The van der Waals surface area contributed by atoms with Gasteiger partial charge in [-0.2, -0.15) is 13.2 Å². The molecule has 96 valence electrons. The Labute approximate surface area is 106 Å². The molecule has 1 heterocycles. The smallest absolute Gasteiger partial charge is 0.321 e. The van der Waals surface area contributed by atoms with Crippen LogP contribution in [0.2, 0.25) is 0 Å². The van der Waals surface area contributed by atoms with Crippen LogP contribution in [0.15, 0.2) is 22.9 Å². The monoisotopic (exact) mass is 323 g/mol. The minimum atomic E-state index is -4.41. The zero-order valence-corrected chi connectivity index (χ0v) is 10.2. The Morgan fingerprint density at radius 3 is 2.67 bits per heavy atom. The summed E-state index contributed by atoms with van der Waals surface area (Å²) in [5.74, 6) is 0. The first-order valence-corrected chi connectivity index (χ1v) is 5.43. The van der Waals surface area contributed by atoms with Crippen molar-refractivity contribution in [3.8, 4) is 0 Å². The molecule has 0 aliphatic rings. The molecule has 1 aromatic carbocycles. The van der Waals surface area contributed by atoms with E-state index in [1.807, 2.05) is 0 Å². The maximum atomic E-state index is 12.3. The number of non-ortho nitro benzene ring substituents is 1. The Morgan fingerprint density at radius 2 is 2.11 bits per heavy atom. The molecule has 1 aromatic heterocycles. The lowest BCUT2D eigenvalue weighted by molar-refractivity contribution is -0.384. The molecule has 0 radical (unpaired) electrons. The molecule has 2 aromatic rings. The standard InChI is InChI=1S/C9H5BrF3N3O2/c10-6-1-5(16(17)18)2-7-8(6)14-4-15(7)3-9(11,12)13/h1-2,4H,3H2. The van der Waals surface area contributed by atoms with Crippen molar-refractivity contribution < 1.29 is 18.1 Å². The summed E-state index contributed by atoms with van der Waals surface area (Å²) < 4.78 is 38.0. The van der Waals surface area contributed by atoms with E-state index in [-0.39, 0.29) is 21.2 Å². The van der Waals surface area contributed by atoms with Gasteiger partial charge in [0.05, 0.1) is 21.2 Å². The molecular weight excluding hydrogens is 319 g/mol. The molecular formula is C9H5BrF3N3O2. The number of rotatable bonds is 2. The maximum Gasteiger partial charge on any atom is 0.406 e. The molecule has 0 aliphatic carbocycles. The van der Waals surface area contributed by atoms with Crippen molar-refractivity contribution in [2.24, 2.45) is 0 Å². The van der Waals surface area contributed by atoms with Crippen LogP contribution in [-0.2, 0) is 6.54 Å². The lowest BCUT2D eigenvalue weighted by atomic mass is 10.3. The van der Waals surface area contributed by atoms with E-state index in [4.69, 9.17) is 0 Å². The van der Waals surface area contributed by atoms with Crippen molar-refractivity contribution in [2.45, 2.75) is 12.7 Å². The summed E-state index contributed by atoms with van der Waals surface area (Å²) in [5.41, 5.74) is 0.0246. The highest BCUT2D eigenvalue weighted by molar-refractivity contribution is 9.10. The third-order valence-electron chi connectivity index (χ3n) is 2.22. The highest BCUT2D eigenvalue weighted by Crippen LogP contribution is 2.30. The van der Waals surface area contributed by atoms with Gasteiger partial charge in [-0.3, -0.25) is 10.1 Å². The summed E-state index contributed by atoms with van der Waals surface area (Å²) in [6, 6.07) is 2.27. The number of alkyl halides is 3. The summed E-state index contributed by atoms with van der Waals surface area (Å²) in [4.78, 5) is 13.8. The summed E-state index contributed by atoms with van der Waals surface area (Å²) in [5, 5.41) is 10.6. The normalized spacial score (nSPS) is 12.0. The highest BCUT2D eigenvalue weighted by Gasteiger charge is 2.29. The molecule has 18 heavy (non-hydrogen) atoms. The van der Waals surface area contributed by atoms with Crippen LogP contribution in [0.25, 0.3) is 11.0 Å². The number of nitro benzene ring substituents is 1. The molecule has 0 aliphatic heterocycles. The highest BCUT2D eigenvalue weighted by atomic mass is 79.9. The van der Waals surface area contributed by atoms with Crippen molar-refractivity contribution >= 4 is 32.7 Å². The van der Waals surface area contributed by atoms with Crippen LogP contribution in [0, 0.1) is 10.1 Å². The Hall–Kier alpha value is -1.64. The van der Waals surface area contributed by atoms with Gasteiger partial charge in [0.2, 0.25) is 0 Å². The first kappa shape index (κ1) is 12.8. The Morgan fingerprint density at radius 1 is 1.44 bits per heavy atom. The third-order valence-corrected chi connectivity index (χ3v) is 2.83. The minimum Gasteiger partial charge on any atom is -0.321 e. The fourth-order valence-electron chi connectivity index (χ4n) is 1.53. The summed E-state index contributed by atoms with van der Waals surface area (Å²) in [7, 11) is 0. The number of halogens is 4. The van der Waals surface area contributed by atoms with Crippen molar-refractivity contribution in [3.63, 3.8) is 0 Å². The van der Waals surface area contributed by atoms with Crippen LogP contribution >= 0.6 is 15.9 Å². The first-order chi connectivity index (χ1) is 8.28. The van der Waals surface area contributed by atoms with Crippen molar-refractivity contribution in [1.82, 2.24) is 9.55 Å². The van der Waals surface area contributed by atoms with Gasteiger partial charge in [0.25, 0.3) is 5.69 Å². The quantitative estimate of drug-likeness (QED) is 0.629. The van der Waals surface area contributed by atoms with Crippen LogP contribution in [0.1, 0.15) is 0 Å². The van der Waals surface area contributed by atoms with E-state index < -0.39 is 17.6 Å². The Bertz CT molecular complexity index is 623. The SMILES string of the molecule is O=[N+]([O-])c1cc(Br)c2ncn(CC(F)(F)F)c2c1. The van der Waals surface area contributed by atoms with Gasteiger partial charge in [-0.05, 0) is 15.9 Å². The first-order valence-electron chi connectivity index (χ1n) is 4.63. The number of nitrogens with zero attached hydrogens (tertiary/aromatic N) is 3. The molecule has 0 bridgehead atoms. The number of benzene rings is 1. The van der Waals surface area contributed by atoms with E-state index in [1.165, 1.54) is 6.07 Å². The van der Waals surface area contributed by atoms with Crippen LogP contribution in [0.5, 0.6) is 0 Å². The molecule has 0 N–H and O–H groups in total. The Balaban J connectivity index is 2.60. The van der Waals surface area contributed by atoms with E-state index >= 15 is 0 Å². The van der Waals surface area contributed by atoms with Crippen LogP contribution in [-0.4, -0.2) is 20.7 Å². The molecule has 0 unspecified atom stereocenters. The second-order valence-electron chi connectivity index (χ2n) is 3.54. The topological polar surface area (TPSA) is 61.0 Å². The summed E-state index contributed by atoms with van der Waals surface area (Å²) in [6.07, 6.45) is -3.41. The van der Waals surface area contributed by atoms with Crippen LogP contribution in [0.3, 0.4) is 0 Å². The summed E-state index contributed by atoms with van der Waals surface area (Å²) >= 11 is 3.05. The predicted octanol–water partition coefficient (Wildman–Crippen LogP) is 3.27. The van der Waals surface area contributed by atoms with Gasteiger partial charge in [-0.25, -0.2) is 4.98 Å². The zero-order valence-electron chi connectivity index (χ0n) is 8.61. The molecule has 0 saturated carbocycles. The Kier molecular flexibility index (Phi) is 3.01. The third kappa shape index (κ3) is 2.45. The lowest BCUT2D eigenvalue weighted by Gasteiger charge is -2.07. The average Bonchev–Trinajstić information content (AvgIpc) is 2.59. The van der Waals surface area contributed by atoms with E-state index in [9.17, 15) is 23.3 Å². The fraction of sp³-hybridized carbons (Fsp3) is 0.222. The number of hydrogen-bond acceptors (Lipinski definition) is 3. The average molecular weight is 324 g/mol. The van der Waals surface area contributed by atoms with Gasteiger partial charge in [0.1, 0.15) is 12.1 Å². The van der Waals surface area contributed by atoms with Crippen molar-refractivity contribution in [2.75, 3.05) is 0 Å².